The van der Waals surface area contributed by atoms with E-state index in [1.54, 1.807) is 6.07 Å². The van der Waals surface area contributed by atoms with E-state index in [9.17, 15) is 4.79 Å². The van der Waals surface area contributed by atoms with Crippen LogP contribution in [0.1, 0.15) is 42.4 Å². The van der Waals surface area contributed by atoms with Crippen LogP contribution in [0.15, 0.2) is 42.6 Å². The number of pyridine rings is 1. The topological polar surface area (TPSA) is 65.8 Å². The molecular weight excluding hydrogens is 262 g/mol. The average molecular weight is 279 g/mol. The Hall–Kier alpha value is -2.67. The molecule has 106 valence electrons. The van der Waals surface area contributed by atoms with Crippen molar-refractivity contribution in [2.75, 3.05) is 5.32 Å². The van der Waals surface area contributed by atoms with Gasteiger partial charge < -0.3 is 5.32 Å². The molecule has 0 radical (unpaired) electrons. The van der Waals surface area contributed by atoms with Crippen molar-refractivity contribution < 1.29 is 4.79 Å². The van der Waals surface area contributed by atoms with Crippen LogP contribution in [0.2, 0.25) is 0 Å². The zero-order valence-electron chi connectivity index (χ0n) is 12.3. The van der Waals surface area contributed by atoms with Gasteiger partial charge in [0.05, 0.1) is 5.56 Å². The molecule has 0 atom stereocenters. The number of rotatable bonds is 2. The largest absolute Gasteiger partial charge is 0.322 e. The van der Waals surface area contributed by atoms with E-state index in [1.807, 2.05) is 30.3 Å². The Balaban J connectivity index is 2.10. The van der Waals surface area contributed by atoms with Crippen LogP contribution in [0, 0.1) is 11.3 Å². The monoisotopic (exact) mass is 279 g/mol. The van der Waals surface area contributed by atoms with E-state index in [1.165, 1.54) is 17.8 Å². The van der Waals surface area contributed by atoms with Crippen molar-refractivity contribution in [1.82, 2.24) is 4.98 Å². The fourth-order valence-electron chi connectivity index (χ4n) is 1.85. The molecule has 4 heteroatoms. The summed E-state index contributed by atoms with van der Waals surface area (Å²) in [4.78, 5) is 15.9. The van der Waals surface area contributed by atoms with E-state index < -0.39 is 0 Å². The van der Waals surface area contributed by atoms with Crippen LogP contribution in [-0.4, -0.2) is 10.9 Å². The van der Waals surface area contributed by atoms with Gasteiger partial charge in [-0.15, -0.1) is 0 Å². The first-order chi connectivity index (χ1) is 9.90. The smallest absolute Gasteiger partial charge is 0.257 e. The summed E-state index contributed by atoms with van der Waals surface area (Å²) in [5, 5.41) is 11.5. The lowest BCUT2D eigenvalue weighted by Crippen LogP contribution is -2.13. The molecule has 0 aliphatic rings. The Bertz CT molecular complexity index is 674. The molecule has 0 unspecified atom stereocenters. The van der Waals surface area contributed by atoms with E-state index in [4.69, 9.17) is 5.26 Å². The first kappa shape index (κ1) is 14.7. The van der Waals surface area contributed by atoms with Crippen LogP contribution in [0.5, 0.6) is 0 Å². The number of aromatic nitrogens is 1. The van der Waals surface area contributed by atoms with Crippen molar-refractivity contribution >= 4 is 11.6 Å². The van der Waals surface area contributed by atoms with Crippen molar-refractivity contribution in [3.05, 3.63) is 59.4 Å². The number of hydrogen-bond donors (Lipinski definition) is 1. The summed E-state index contributed by atoms with van der Waals surface area (Å²) < 4.78 is 0. The van der Waals surface area contributed by atoms with Gasteiger partial charge in [-0.1, -0.05) is 32.9 Å². The molecule has 2 rings (SSSR count). The zero-order chi connectivity index (χ0) is 15.5. The van der Waals surface area contributed by atoms with E-state index in [0.717, 1.165) is 5.69 Å². The summed E-state index contributed by atoms with van der Waals surface area (Å²) in [6, 6.07) is 12.8. The number of carbonyl (C=O) groups is 1. The molecule has 1 heterocycles. The van der Waals surface area contributed by atoms with Crippen molar-refractivity contribution in [3.8, 4) is 6.07 Å². The van der Waals surface area contributed by atoms with Crippen molar-refractivity contribution in [2.24, 2.45) is 0 Å². The van der Waals surface area contributed by atoms with Gasteiger partial charge in [0.1, 0.15) is 11.8 Å². The second-order valence-electron chi connectivity index (χ2n) is 5.83. The second-order valence-corrected chi connectivity index (χ2v) is 5.83. The molecular formula is C17H17N3O. The molecule has 0 bridgehead atoms. The highest BCUT2D eigenvalue weighted by atomic mass is 16.1. The normalized spacial score (nSPS) is 10.8. The minimum absolute atomic E-state index is 0.0829. The van der Waals surface area contributed by atoms with Crippen LogP contribution in [0.4, 0.5) is 5.69 Å². The fourth-order valence-corrected chi connectivity index (χ4v) is 1.85. The van der Waals surface area contributed by atoms with Gasteiger partial charge in [-0.05, 0) is 35.2 Å². The molecule has 1 aromatic carbocycles. The predicted molar refractivity (Wildman–Crippen MR) is 82.0 cm³/mol. The summed E-state index contributed by atoms with van der Waals surface area (Å²) >= 11 is 0. The molecule has 1 N–H and O–H groups in total. The molecule has 2 aromatic rings. The first-order valence-electron chi connectivity index (χ1n) is 6.68. The third-order valence-corrected chi connectivity index (χ3v) is 3.15. The van der Waals surface area contributed by atoms with Crippen LogP contribution < -0.4 is 5.32 Å². The first-order valence-corrected chi connectivity index (χ1v) is 6.68. The third kappa shape index (κ3) is 3.67. The molecule has 0 saturated carbocycles. The Kier molecular flexibility index (Phi) is 4.04. The van der Waals surface area contributed by atoms with Gasteiger partial charge in [0.15, 0.2) is 0 Å². The number of amides is 1. The summed E-state index contributed by atoms with van der Waals surface area (Å²) in [6.45, 7) is 6.43. The molecule has 0 fully saturated rings. The lowest BCUT2D eigenvalue weighted by Gasteiger charge is -2.19. The number of carbonyl (C=O) groups excluding carboxylic acids is 1. The molecule has 0 aliphatic heterocycles. The van der Waals surface area contributed by atoms with Crippen LogP contribution >= 0.6 is 0 Å². The molecule has 0 aliphatic carbocycles. The minimum Gasteiger partial charge on any atom is -0.322 e. The molecule has 1 amide bonds. The Morgan fingerprint density at radius 2 is 1.81 bits per heavy atom. The van der Waals surface area contributed by atoms with Gasteiger partial charge in [-0.25, -0.2) is 4.98 Å². The fraction of sp³-hybridized carbons (Fsp3) is 0.235. The number of nitrogens with one attached hydrogen (secondary N) is 1. The van der Waals surface area contributed by atoms with Gasteiger partial charge in [0, 0.05) is 11.9 Å². The summed E-state index contributed by atoms with van der Waals surface area (Å²) in [6.07, 6.45) is 1.40. The number of anilines is 1. The predicted octanol–water partition coefficient (Wildman–Crippen LogP) is 3.50. The molecule has 1 aromatic heterocycles. The van der Waals surface area contributed by atoms with Gasteiger partial charge in [0.2, 0.25) is 0 Å². The zero-order valence-corrected chi connectivity index (χ0v) is 12.3. The second kappa shape index (κ2) is 5.76. The minimum atomic E-state index is -0.240. The molecule has 21 heavy (non-hydrogen) atoms. The summed E-state index contributed by atoms with van der Waals surface area (Å²) in [5.74, 6) is -0.240. The number of nitrogens with zero attached hydrogens (tertiary/aromatic N) is 2. The van der Waals surface area contributed by atoms with Crippen molar-refractivity contribution in [3.63, 3.8) is 0 Å². The number of nitriles is 1. The molecule has 0 spiro atoms. The lowest BCUT2D eigenvalue weighted by atomic mass is 9.87. The Morgan fingerprint density at radius 3 is 2.29 bits per heavy atom. The molecule has 4 nitrogen and oxygen atoms in total. The van der Waals surface area contributed by atoms with E-state index in [2.05, 4.69) is 31.1 Å². The Morgan fingerprint density at radius 1 is 1.14 bits per heavy atom. The van der Waals surface area contributed by atoms with E-state index >= 15 is 0 Å². The maximum Gasteiger partial charge on any atom is 0.257 e. The Labute approximate surface area is 124 Å². The SMILES string of the molecule is CC(C)(C)c1ccc(NC(=O)c2ccc(C#N)nc2)cc1. The average Bonchev–Trinajstić information content (AvgIpc) is 2.47. The lowest BCUT2D eigenvalue weighted by molar-refractivity contribution is 0.102. The quantitative estimate of drug-likeness (QED) is 0.914. The van der Waals surface area contributed by atoms with E-state index in [-0.39, 0.29) is 11.3 Å². The van der Waals surface area contributed by atoms with Gasteiger partial charge in [-0.3, -0.25) is 4.79 Å². The molecule has 0 saturated heterocycles. The highest BCUT2D eigenvalue weighted by molar-refractivity contribution is 6.04. The maximum absolute atomic E-state index is 12.1. The summed E-state index contributed by atoms with van der Waals surface area (Å²) in [7, 11) is 0. The third-order valence-electron chi connectivity index (χ3n) is 3.15. The highest BCUT2D eigenvalue weighted by Crippen LogP contribution is 2.23. The van der Waals surface area contributed by atoms with Crippen molar-refractivity contribution in [1.29, 1.82) is 5.26 Å². The van der Waals surface area contributed by atoms with Gasteiger partial charge >= 0.3 is 0 Å². The number of hydrogen-bond acceptors (Lipinski definition) is 3. The van der Waals surface area contributed by atoms with Gasteiger partial charge in [0.25, 0.3) is 5.91 Å². The standard InChI is InChI=1S/C17H17N3O/c1-17(2,3)13-5-8-14(9-6-13)20-16(21)12-4-7-15(10-18)19-11-12/h4-9,11H,1-3H3,(H,20,21). The van der Waals surface area contributed by atoms with Crippen molar-refractivity contribution in [2.45, 2.75) is 26.2 Å². The highest BCUT2D eigenvalue weighted by Gasteiger charge is 2.13. The van der Waals surface area contributed by atoms with Crippen LogP contribution in [0.25, 0.3) is 0 Å². The van der Waals surface area contributed by atoms with Crippen LogP contribution in [0.3, 0.4) is 0 Å². The maximum atomic E-state index is 12.1. The van der Waals surface area contributed by atoms with Crippen LogP contribution in [-0.2, 0) is 5.41 Å². The van der Waals surface area contributed by atoms with Gasteiger partial charge in [-0.2, -0.15) is 5.26 Å². The van der Waals surface area contributed by atoms with E-state index in [0.29, 0.717) is 11.3 Å². The number of benzene rings is 1. The summed E-state index contributed by atoms with van der Waals surface area (Å²) in [5.41, 5.74) is 2.74.